The van der Waals surface area contributed by atoms with E-state index in [0.29, 0.717) is 22.4 Å². The van der Waals surface area contributed by atoms with Crippen molar-refractivity contribution in [1.82, 2.24) is 34.6 Å². The van der Waals surface area contributed by atoms with E-state index >= 15 is 0 Å². The summed E-state index contributed by atoms with van der Waals surface area (Å²) in [5.74, 6) is -0.431. The molecular formula is C26H25FN8O3. The highest BCUT2D eigenvalue weighted by atomic mass is 19.1. The van der Waals surface area contributed by atoms with Crippen molar-refractivity contribution in [2.45, 2.75) is 46.0 Å². The number of carbonyl (C=O) groups excluding carboxylic acids is 3. The second kappa shape index (κ2) is 10.0. The molecule has 0 saturated carbocycles. The highest BCUT2D eigenvalue weighted by molar-refractivity contribution is 6.06. The van der Waals surface area contributed by atoms with Gasteiger partial charge in [0.1, 0.15) is 30.3 Å². The maximum Gasteiger partial charge on any atom is 0.248 e. The normalized spacial score (nSPS) is 17.1. The van der Waals surface area contributed by atoms with Gasteiger partial charge in [0.2, 0.25) is 11.8 Å². The topological polar surface area (TPSA) is 136 Å². The summed E-state index contributed by atoms with van der Waals surface area (Å²) >= 11 is 0. The van der Waals surface area contributed by atoms with Crippen molar-refractivity contribution in [2.75, 3.05) is 11.9 Å². The first kappa shape index (κ1) is 25.1. The average Bonchev–Trinajstić information content (AvgIpc) is 3.45. The zero-order chi connectivity index (χ0) is 27.0. The number of nitrogens with zero attached hydrogens (tertiary/aromatic N) is 7. The monoisotopic (exact) mass is 516 g/mol. The first-order valence-electron chi connectivity index (χ1n) is 12.0. The molecule has 11 nitrogen and oxygen atoms in total. The fraction of sp³-hybridized carbons (Fsp3) is 0.308. The van der Waals surface area contributed by atoms with Crippen LogP contribution in [0, 0.1) is 13.8 Å². The van der Waals surface area contributed by atoms with Gasteiger partial charge >= 0.3 is 0 Å². The van der Waals surface area contributed by atoms with Crippen LogP contribution >= 0.6 is 0 Å². The average molecular weight is 517 g/mol. The number of anilines is 1. The molecule has 1 fully saturated rings. The van der Waals surface area contributed by atoms with Gasteiger partial charge in [-0.05, 0) is 31.5 Å². The Morgan fingerprint density at radius 1 is 1.08 bits per heavy atom. The highest BCUT2D eigenvalue weighted by Crippen LogP contribution is 2.28. The molecule has 1 aliphatic heterocycles. The van der Waals surface area contributed by atoms with E-state index in [4.69, 9.17) is 0 Å². The molecular weight excluding hydrogens is 491 g/mol. The van der Waals surface area contributed by atoms with E-state index in [1.54, 1.807) is 44.6 Å². The molecule has 1 aliphatic rings. The third-order valence-corrected chi connectivity index (χ3v) is 6.36. The van der Waals surface area contributed by atoms with Crippen LogP contribution in [0.3, 0.4) is 0 Å². The number of aromatic nitrogens is 6. The summed E-state index contributed by atoms with van der Waals surface area (Å²) in [5.41, 5.74) is 2.94. The van der Waals surface area contributed by atoms with Crippen LogP contribution in [0.15, 0.2) is 43.0 Å². The van der Waals surface area contributed by atoms with Crippen LogP contribution in [0.4, 0.5) is 10.2 Å². The number of aryl methyl sites for hydroxylation is 2. The van der Waals surface area contributed by atoms with E-state index in [-0.39, 0.29) is 36.8 Å². The van der Waals surface area contributed by atoms with Gasteiger partial charge in [-0.15, -0.1) is 0 Å². The van der Waals surface area contributed by atoms with Crippen molar-refractivity contribution in [3.63, 3.8) is 0 Å². The van der Waals surface area contributed by atoms with Crippen LogP contribution in [-0.4, -0.2) is 71.0 Å². The van der Waals surface area contributed by atoms with E-state index in [1.165, 1.54) is 22.7 Å². The second-order valence-corrected chi connectivity index (χ2v) is 9.24. The van der Waals surface area contributed by atoms with E-state index in [2.05, 4.69) is 30.4 Å². The molecule has 4 heterocycles. The van der Waals surface area contributed by atoms with Gasteiger partial charge in [0.25, 0.3) is 0 Å². The molecule has 38 heavy (non-hydrogen) atoms. The summed E-state index contributed by atoms with van der Waals surface area (Å²) in [5, 5.41) is 7.58. The Bertz CT molecular complexity index is 1550. The van der Waals surface area contributed by atoms with Crippen molar-refractivity contribution < 1.29 is 18.8 Å². The van der Waals surface area contributed by atoms with Crippen molar-refractivity contribution in [2.24, 2.45) is 0 Å². The van der Waals surface area contributed by atoms with E-state index in [1.807, 2.05) is 6.07 Å². The van der Waals surface area contributed by atoms with Crippen LogP contribution in [0.25, 0.3) is 22.0 Å². The molecule has 5 rings (SSSR count). The molecule has 194 valence electrons. The third kappa shape index (κ3) is 4.97. The number of alkyl halides is 1. The Kier molecular flexibility index (Phi) is 6.62. The molecule has 3 aromatic heterocycles. The summed E-state index contributed by atoms with van der Waals surface area (Å²) in [4.78, 5) is 56.4. The SMILES string of the molecule is CC(=O)c1nn(CC(=O)N2C[C@H](F)C[C@H]2C(=O)Nc2cncc(C)n2)c2ccc(-c3cnc(C)nc3)cc12. The lowest BCUT2D eigenvalue weighted by atomic mass is 10.0. The van der Waals surface area contributed by atoms with Crippen LogP contribution in [0.1, 0.15) is 35.4 Å². The minimum absolute atomic E-state index is 0.128. The quantitative estimate of drug-likeness (QED) is 0.387. The lowest BCUT2D eigenvalue weighted by Crippen LogP contribution is -2.44. The molecule has 1 saturated heterocycles. The number of benzene rings is 1. The number of halogens is 1. The molecule has 0 spiro atoms. The number of rotatable bonds is 6. The molecule has 1 aromatic carbocycles. The van der Waals surface area contributed by atoms with Crippen molar-refractivity contribution >= 4 is 34.3 Å². The summed E-state index contributed by atoms with van der Waals surface area (Å²) in [6.07, 6.45) is 4.84. The first-order chi connectivity index (χ1) is 18.2. The lowest BCUT2D eigenvalue weighted by Gasteiger charge is -2.23. The Morgan fingerprint density at radius 2 is 1.84 bits per heavy atom. The molecule has 2 atom stereocenters. The Morgan fingerprint density at radius 3 is 2.55 bits per heavy atom. The van der Waals surface area contributed by atoms with Gasteiger partial charge in [-0.3, -0.25) is 24.0 Å². The predicted octanol–water partition coefficient (Wildman–Crippen LogP) is 2.68. The van der Waals surface area contributed by atoms with Gasteiger partial charge < -0.3 is 10.2 Å². The van der Waals surface area contributed by atoms with Crippen LogP contribution in [-0.2, 0) is 16.1 Å². The van der Waals surface area contributed by atoms with Gasteiger partial charge in [0, 0.05) is 42.9 Å². The summed E-state index contributed by atoms with van der Waals surface area (Å²) < 4.78 is 15.8. The molecule has 0 aliphatic carbocycles. The highest BCUT2D eigenvalue weighted by Gasteiger charge is 2.40. The fourth-order valence-corrected chi connectivity index (χ4v) is 4.54. The minimum atomic E-state index is -1.35. The maximum atomic E-state index is 14.4. The van der Waals surface area contributed by atoms with Gasteiger partial charge in [-0.1, -0.05) is 6.07 Å². The van der Waals surface area contributed by atoms with Crippen LogP contribution in [0.5, 0.6) is 0 Å². The molecule has 0 bridgehead atoms. The molecule has 12 heteroatoms. The van der Waals surface area contributed by atoms with Gasteiger partial charge in [-0.25, -0.2) is 19.3 Å². The number of likely N-dealkylation sites (tertiary alicyclic amines) is 1. The molecule has 1 N–H and O–H groups in total. The molecule has 4 aromatic rings. The Labute approximate surface area is 217 Å². The maximum absolute atomic E-state index is 14.4. The number of nitrogens with one attached hydrogen (secondary N) is 1. The number of ketones is 1. The standard InChI is InChI=1S/C26H25FN8O3/c1-14-8-28-11-23(31-14)32-26(38)22-7-19(27)12-34(22)24(37)13-35-21-5-4-17(18-9-29-16(3)30-10-18)6-20(21)25(33-35)15(2)36/h4-6,8-11,19,22H,7,12-13H2,1-3H3,(H,31,32,38)/t19-,22+/m1/s1. The molecule has 0 unspecified atom stereocenters. The van der Waals surface area contributed by atoms with E-state index in [9.17, 15) is 18.8 Å². The van der Waals surface area contributed by atoms with Crippen molar-refractivity contribution in [3.8, 4) is 11.1 Å². The number of hydrogen-bond acceptors (Lipinski definition) is 8. The molecule has 2 amide bonds. The zero-order valence-corrected chi connectivity index (χ0v) is 21.1. The predicted molar refractivity (Wildman–Crippen MR) is 136 cm³/mol. The van der Waals surface area contributed by atoms with Crippen molar-refractivity contribution in [1.29, 1.82) is 0 Å². The van der Waals surface area contributed by atoms with Gasteiger partial charge in [-0.2, -0.15) is 5.10 Å². The van der Waals surface area contributed by atoms with E-state index < -0.39 is 24.0 Å². The van der Waals surface area contributed by atoms with Crippen LogP contribution in [0.2, 0.25) is 0 Å². The van der Waals surface area contributed by atoms with Crippen LogP contribution < -0.4 is 5.32 Å². The minimum Gasteiger partial charge on any atom is -0.326 e. The smallest absolute Gasteiger partial charge is 0.248 e. The Hall–Kier alpha value is -4.61. The van der Waals surface area contributed by atoms with Gasteiger partial charge in [0.15, 0.2) is 11.6 Å². The van der Waals surface area contributed by atoms with Crippen molar-refractivity contribution in [3.05, 3.63) is 60.2 Å². The summed E-state index contributed by atoms with van der Waals surface area (Å²) in [6.45, 7) is 4.44. The molecule has 0 radical (unpaired) electrons. The Balaban J connectivity index is 1.41. The number of amides is 2. The number of carbonyl (C=O) groups is 3. The number of fused-ring (bicyclic) bond motifs is 1. The largest absolute Gasteiger partial charge is 0.326 e. The second-order valence-electron chi connectivity index (χ2n) is 9.24. The lowest BCUT2D eigenvalue weighted by molar-refractivity contribution is -0.137. The summed E-state index contributed by atoms with van der Waals surface area (Å²) in [6, 6.07) is 4.39. The van der Waals surface area contributed by atoms with E-state index in [0.717, 1.165) is 11.1 Å². The summed E-state index contributed by atoms with van der Waals surface area (Å²) in [7, 11) is 0. The van der Waals surface area contributed by atoms with Gasteiger partial charge in [0.05, 0.1) is 24.0 Å². The first-order valence-corrected chi connectivity index (χ1v) is 12.0. The zero-order valence-electron chi connectivity index (χ0n) is 21.1. The fourth-order valence-electron chi connectivity index (χ4n) is 4.54. The third-order valence-electron chi connectivity index (χ3n) is 6.36. The number of Topliss-reactive ketones (excluding diaryl/α,β-unsaturated/α-hetero) is 1. The number of hydrogen-bond donors (Lipinski definition) is 1.